The van der Waals surface area contributed by atoms with Crippen LogP contribution in [0, 0.1) is 19.7 Å². The van der Waals surface area contributed by atoms with Crippen LogP contribution in [0.15, 0.2) is 30.3 Å². The van der Waals surface area contributed by atoms with Crippen molar-refractivity contribution < 1.29 is 24.2 Å². The minimum atomic E-state index is -1.23. The minimum Gasteiger partial charge on any atom is -0.478 e. The van der Waals surface area contributed by atoms with Gasteiger partial charge in [-0.1, -0.05) is 6.07 Å². The van der Waals surface area contributed by atoms with Crippen molar-refractivity contribution in [3.8, 4) is 0 Å². The molecule has 0 spiro atoms. The molecule has 0 fully saturated rings. The van der Waals surface area contributed by atoms with E-state index in [0.29, 0.717) is 16.8 Å². The van der Waals surface area contributed by atoms with Gasteiger partial charge in [-0.2, -0.15) is 0 Å². The number of hydrogen-bond donors (Lipinski definition) is 3. The van der Waals surface area contributed by atoms with Gasteiger partial charge in [0, 0.05) is 5.69 Å². The molecule has 2 rings (SSSR count). The van der Waals surface area contributed by atoms with E-state index in [-0.39, 0.29) is 16.8 Å². The molecule has 3 N–H and O–H groups in total. The topological polar surface area (TPSA) is 86.6 Å². The van der Waals surface area contributed by atoms with Crippen LogP contribution in [-0.4, -0.2) is 22.2 Å². The van der Waals surface area contributed by atoms with E-state index in [9.17, 15) is 24.2 Å². The molecule has 6 heteroatoms. The third-order valence-corrected chi connectivity index (χ3v) is 3.26. The van der Waals surface area contributed by atoms with Crippen molar-refractivity contribution in [1.82, 2.24) is 0 Å². The molecule has 0 aromatic heterocycles. The van der Waals surface area contributed by atoms with E-state index >= 15 is 0 Å². The Kier molecular flexibility index (Phi) is 4.12. The molecule has 114 valence electrons. The van der Waals surface area contributed by atoms with Gasteiger partial charge in [-0.25, -0.2) is 14.0 Å². The molecule has 0 atom stereocenters. The molecule has 0 saturated heterocycles. The minimum absolute atomic E-state index is 0.0101. The zero-order valence-corrected chi connectivity index (χ0v) is 12.0. The van der Waals surface area contributed by atoms with Crippen molar-refractivity contribution in [3.63, 3.8) is 0 Å². The number of carbonyl (C=O) groups is 2. The number of hydrogen-bond acceptors (Lipinski definition) is 3. The Bertz CT molecular complexity index is 715. The third-order valence-electron chi connectivity index (χ3n) is 3.26. The summed E-state index contributed by atoms with van der Waals surface area (Å²) in [5.41, 5.74) is 1.04. The first-order valence-electron chi connectivity index (χ1n) is 6.44. The van der Waals surface area contributed by atoms with Crippen LogP contribution in [0.2, 0.25) is 0 Å². The Labute approximate surface area is 126 Å². The smallest absolute Gasteiger partial charge is 0.338 e. The number of carboxylic acids is 2. The van der Waals surface area contributed by atoms with Crippen LogP contribution < -0.4 is 5.32 Å². The number of rotatable bonds is 4. The highest BCUT2D eigenvalue weighted by molar-refractivity contribution is 6.06. The Balaban J connectivity index is 2.67. The highest BCUT2D eigenvalue weighted by Crippen LogP contribution is 2.31. The third kappa shape index (κ3) is 2.90. The Morgan fingerprint density at radius 1 is 0.955 bits per heavy atom. The summed E-state index contributed by atoms with van der Waals surface area (Å²) in [6, 6.07) is 6.73. The molecule has 0 aliphatic carbocycles. The van der Waals surface area contributed by atoms with Gasteiger partial charge in [-0.3, -0.25) is 0 Å². The molecule has 2 aromatic carbocycles. The van der Waals surface area contributed by atoms with Gasteiger partial charge in [0.25, 0.3) is 0 Å². The Hall–Kier alpha value is -2.89. The van der Waals surface area contributed by atoms with E-state index < -0.39 is 17.8 Å². The SMILES string of the molecule is Cc1cc(C)c(C(=O)O)c(Nc2ccc(F)cc2)c1C(=O)O. The molecule has 0 aliphatic heterocycles. The summed E-state index contributed by atoms with van der Waals surface area (Å²) in [6.45, 7) is 3.19. The van der Waals surface area contributed by atoms with Crippen LogP contribution in [0.5, 0.6) is 0 Å². The number of carboxylic acid groups (broad SMARTS) is 2. The molecule has 0 bridgehead atoms. The molecule has 0 aliphatic rings. The van der Waals surface area contributed by atoms with E-state index in [1.54, 1.807) is 13.8 Å². The van der Waals surface area contributed by atoms with Gasteiger partial charge in [0.1, 0.15) is 5.82 Å². The number of anilines is 2. The molecule has 0 unspecified atom stereocenters. The zero-order valence-electron chi connectivity index (χ0n) is 12.0. The van der Waals surface area contributed by atoms with Crippen LogP contribution in [0.3, 0.4) is 0 Å². The van der Waals surface area contributed by atoms with E-state index in [0.717, 1.165) is 0 Å². The van der Waals surface area contributed by atoms with Crippen LogP contribution in [0.4, 0.5) is 15.8 Å². The number of aryl methyl sites for hydroxylation is 2. The highest BCUT2D eigenvalue weighted by Gasteiger charge is 2.23. The van der Waals surface area contributed by atoms with Gasteiger partial charge in [0.05, 0.1) is 16.8 Å². The van der Waals surface area contributed by atoms with Crippen LogP contribution in [0.25, 0.3) is 0 Å². The van der Waals surface area contributed by atoms with Crippen LogP contribution in [0.1, 0.15) is 31.8 Å². The second-order valence-electron chi connectivity index (χ2n) is 4.88. The lowest BCUT2D eigenvalue weighted by Gasteiger charge is -2.17. The molecule has 0 amide bonds. The summed E-state index contributed by atoms with van der Waals surface area (Å²) in [4.78, 5) is 23.0. The second-order valence-corrected chi connectivity index (χ2v) is 4.88. The van der Waals surface area contributed by atoms with Crippen molar-refractivity contribution >= 4 is 23.3 Å². The largest absolute Gasteiger partial charge is 0.478 e. The van der Waals surface area contributed by atoms with Crippen molar-refractivity contribution in [3.05, 3.63) is 58.4 Å². The molecule has 5 nitrogen and oxygen atoms in total. The van der Waals surface area contributed by atoms with Crippen molar-refractivity contribution in [1.29, 1.82) is 0 Å². The van der Waals surface area contributed by atoms with Crippen molar-refractivity contribution in [2.75, 3.05) is 5.32 Å². The van der Waals surface area contributed by atoms with E-state index in [2.05, 4.69) is 5.32 Å². The first-order chi connectivity index (χ1) is 10.3. The van der Waals surface area contributed by atoms with Crippen LogP contribution in [-0.2, 0) is 0 Å². The highest BCUT2D eigenvalue weighted by atomic mass is 19.1. The van der Waals surface area contributed by atoms with E-state index in [4.69, 9.17) is 0 Å². The molecule has 22 heavy (non-hydrogen) atoms. The number of aromatic carboxylic acids is 2. The van der Waals surface area contributed by atoms with Crippen molar-refractivity contribution in [2.24, 2.45) is 0 Å². The summed E-state index contributed by atoms with van der Waals surface area (Å²) in [5.74, 6) is -2.91. The molecular formula is C16H14FNO4. The maximum Gasteiger partial charge on any atom is 0.338 e. The maximum atomic E-state index is 13.0. The summed E-state index contributed by atoms with van der Waals surface area (Å²) >= 11 is 0. The fourth-order valence-electron chi connectivity index (χ4n) is 2.34. The monoisotopic (exact) mass is 303 g/mol. The first-order valence-corrected chi connectivity index (χ1v) is 6.44. The predicted molar refractivity (Wildman–Crippen MR) is 79.5 cm³/mol. The molecule has 2 aromatic rings. The van der Waals surface area contributed by atoms with Crippen LogP contribution >= 0.6 is 0 Å². The fourth-order valence-corrected chi connectivity index (χ4v) is 2.34. The molecular weight excluding hydrogens is 289 g/mol. The first kappa shape index (κ1) is 15.5. The lowest BCUT2D eigenvalue weighted by molar-refractivity contribution is 0.0695. The molecule has 0 radical (unpaired) electrons. The van der Waals surface area contributed by atoms with Gasteiger partial charge < -0.3 is 15.5 Å². The van der Waals surface area contributed by atoms with Gasteiger partial charge in [-0.15, -0.1) is 0 Å². The quantitative estimate of drug-likeness (QED) is 0.803. The van der Waals surface area contributed by atoms with Crippen molar-refractivity contribution in [2.45, 2.75) is 13.8 Å². The Morgan fingerprint density at radius 2 is 1.41 bits per heavy atom. The lowest BCUT2D eigenvalue weighted by Crippen LogP contribution is -2.13. The maximum absolute atomic E-state index is 13.0. The molecule has 0 saturated carbocycles. The molecule has 0 heterocycles. The fraction of sp³-hybridized carbons (Fsp3) is 0.125. The lowest BCUT2D eigenvalue weighted by atomic mass is 9.96. The van der Waals surface area contributed by atoms with Gasteiger partial charge in [0.2, 0.25) is 0 Å². The van der Waals surface area contributed by atoms with Gasteiger partial charge in [0.15, 0.2) is 0 Å². The number of nitrogens with one attached hydrogen (secondary N) is 1. The summed E-state index contributed by atoms with van der Waals surface area (Å²) < 4.78 is 13.0. The summed E-state index contributed by atoms with van der Waals surface area (Å²) in [7, 11) is 0. The average molecular weight is 303 g/mol. The Morgan fingerprint density at radius 3 is 1.82 bits per heavy atom. The average Bonchev–Trinajstić information content (AvgIpc) is 2.39. The second kappa shape index (κ2) is 5.85. The van der Waals surface area contributed by atoms with Gasteiger partial charge in [-0.05, 0) is 49.2 Å². The zero-order chi connectivity index (χ0) is 16.4. The standard InChI is InChI=1S/C16H14FNO4/c1-8-7-9(2)13(16(21)22)14(12(8)15(19)20)18-11-5-3-10(17)4-6-11/h3-7,18H,1-2H3,(H,19,20)(H,21,22). The normalized spacial score (nSPS) is 10.3. The van der Waals surface area contributed by atoms with E-state index in [1.165, 1.54) is 30.3 Å². The predicted octanol–water partition coefficient (Wildman–Crippen LogP) is 3.58. The summed E-state index contributed by atoms with van der Waals surface area (Å²) in [6.07, 6.45) is 0. The van der Waals surface area contributed by atoms with E-state index in [1.807, 2.05) is 0 Å². The number of benzene rings is 2. The number of halogens is 1. The summed E-state index contributed by atoms with van der Waals surface area (Å²) in [5, 5.41) is 21.5. The van der Waals surface area contributed by atoms with Gasteiger partial charge >= 0.3 is 11.9 Å².